The van der Waals surface area contributed by atoms with Crippen LogP contribution in [0.4, 0.5) is 5.69 Å². The van der Waals surface area contributed by atoms with Gasteiger partial charge in [0.1, 0.15) is 0 Å². The number of pyridine rings is 1. The third-order valence-electron chi connectivity index (χ3n) is 4.28. The molecule has 3 rings (SSSR count). The normalized spacial score (nSPS) is 25.5. The number of hydrogen-bond donors (Lipinski definition) is 1. The van der Waals surface area contributed by atoms with Gasteiger partial charge in [-0.15, -0.1) is 0 Å². The van der Waals surface area contributed by atoms with Gasteiger partial charge in [0.15, 0.2) is 0 Å². The van der Waals surface area contributed by atoms with Crippen LogP contribution in [0.2, 0.25) is 0 Å². The molecule has 3 heteroatoms. The molecular weight excluding hydrogens is 212 g/mol. The Labute approximate surface area is 102 Å². The fourth-order valence-corrected chi connectivity index (χ4v) is 3.19. The Balaban J connectivity index is 1.61. The molecule has 17 heavy (non-hydrogen) atoms. The summed E-state index contributed by atoms with van der Waals surface area (Å²) in [6, 6.07) is 3.74. The summed E-state index contributed by atoms with van der Waals surface area (Å²) in [7, 11) is 0. The van der Waals surface area contributed by atoms with Gasteiger partial charge in [-0.2, -0.15) is 0 Å². The van der Waals surface area contributed by atoms with Gasteiger partial charge in [-0.05, 0) is 36.8 Å². The zero-order valence-corrected chi connectivity index (χ0v) is 9.98. The standard InChI is InChI=1S/C14H18N2O/c17-13(16-11-5-4-8-15-10-11)12-9-14(12)6-2-1-3-7-14/h4-5,8,10,12H,1-3,6-7,9H2,(H,16,17). The predicted octanol–water partition coefficient (Wildman–Crippen LogP) is 2.99. The van der Waals surface area contributed by atoms with Crippen LogP contribution in [0.1, 0.15) is 38.5 Å². The lowest BCUT2D eigenvalue weighted by Gasteiger charge is -2.22. The summed E-state index contributed by atoms with van der Waals surface area (Å²) in [6.45, 7) is 0. The molecule has 1 heterocycles. The fraction of sp³-hybridized carbons (Fsp3) is 0.571. The third-order valence-corrected chi connectivity index (χ3v) is 4.28. The summed E-state index contributed by atoms with van der Waals surface area (Å²) in [5, 5.41) is 2.97. The lowest BCUT2D eigenvalue weighted by atomic mass is 9.84. The summed E-state index contributed by atoms with van der Waals surface area (Å²) in [5.74, 6) is 0.447. The van der Waals surface area contributed by atoms with Gasteiger partial charge >= 0.3 is 0 Å². The van der Waals surface area contributed by atoms with Crippen molar-refractivity contribution in [3.05, 3.63) is 24.5 Å². The maximum absolute atomic E-state index is 12.1. The van der Waals surface area contributed by atoms with E-state index in [-0.39, 0.29) is 11.8 Å². The number of nitrogens with one attached hydrogen (secondary N) is 1. The Hall–Kier alpha value is -1.38. The highest BCUT2D eigenvalue weighted by Gasteiger charge is 2.57. The number of anilines is 1. The molecule has 3 nitrogen and oxygen atoms in total. The van der Waals surface area contributed by atoms with Crippen molar-refractivity contribution in [2.24, 2.45) is 11.3 Å². The average Bonchev–Trinajstić information content (AvgIpc) is 3.05. The van der Waals surface area contributed by atoms with Gasteiger partial charge in [-0.3, -0.25) is 9.78 Å². The Kier molecular flexibility index (Phi) is 2.61. The quantitative estimate of drug-likeness (QED) is 0.848. The predicted molar refractivity (Wildman–Crippen MR) is 66.5 cm³/mol. The molecule has 1 N–H and O–H groups in total. The first-order valence-electron chi connectivity index (χ1n) is 6.51. The van der Waals surface area contributed by atoms with E-state index >= 15 is 0 Å². The van der Waals surface area contributed by atoms with E-state index in [9.17, 15) is 4.79 Å². The third kappa shape index (κ3) is 2.06. The second-order valence-electron chi connectivity index (χ2n) is 5.41. The Morgan fingerprint density at radius 1 is 1.35 bits per heavy atom. The Bertz CT molecular complexity index is 409. The molecule has 1 spiro atoms. The molecule has 0 saturated heterocycles. The maximum Gasteiger partial charge on any atom is 0.228 e. The highest BCUT2D eigenvalue weighted by molar-refractivity contribution is 5.94. The molecule has 2 fully saturated rings. The van der Waals surface area contributed by atoms with Gasteiger partial charge < -0.3 is 5.32 Å². The molecule has 1 aromatic heterocycles. The molecule has 2 aliphatic carbocycles. The number of amides is 1. The van der Waals surface area contributed by atoms with Crippen molar-refractivity contribution >= 4 is 11.6 Å². The molecule has 90 valence electrons. The molecule has 1 amide bonds. The van der Waals surface area contributed by atoms with Crippen LogP contribution in [-0.4, -0.2) is 10.9 Å². The van der Waals surface area contributed by atoms with Crippen molar-refractivity contribution in [1.82, 2.24) is 4.98 Å². The second kappa shape index (κ2) is 4.13. The molecular formula is C14H18N2O. The number of carbonyl (C=O) groups is 1. The zero-order chi connectivity index (χ0) is 11.7. The van der Waals surface area contributed by atoms with Crippen LogP contribution in [0, 0.1) is 11.3 Å². The summed E-state index contributed by atoms with van der Waals surface area (Å²) in [5.41, 5.74) is 1.18. The first kappa shape index (κ1) is 10.8. The number of hydrogen-bond acceptors (Lipinski definition) is 2. The molecule has 1 aromatic rings. The van der Waals surface area contributed by atoms with E-state index in [1.165, 1.54) is 32.1 Å². The molecule has 0 radical (unpaired) electrons. The lowest BCUT2D eigenvalue weighted by molar-refractivity contribution is -0.118. The van der Waals surface area contributed by atoms with Gasteiger partial charge in [0.05, 0.1) is 11.9 Å². The van der Waals surface area contributed by atoms with E-state index in [4.69, 9.17) is 0 Å². The molecule has 2 saturated carbocycles. The van der Waals surface area contributed by atoms with E-state index in [0.29, 0.717) is 5.41 Å². The monoisotopic (exact) mass is 230 g/mol. The van der Waals surface area contributed by atoms with Crippen LogP contribution < -0.4 is 5.32 Å². The van der Waals surface area contributed by atoms with Crippen LogP contribution in [0.3, 0.4) is 0 Å². The zero-order valence-electron chi connectivity index (χ0n) is 9.98. The molecule has 2 aliphatic rings. The topological polar surface area (TPSA) is 42.0 Å². The van der Waals surface area contributed by atoms with Crippen molar-refractivity contribution in [2.45, 2.75) is 38.5 Å². The fourth-order valence-electron chi connectivity index (χ4n) is 3.19. The van der Waals surface area contributed by atoms with Crippen LogP contribution in [-0.2, 0) is 4.79 Å². The lowest BCUT2D eigenvalue weighted by Crippen LogP contribution is -2.20. The van der Waals surface area contributed by atoms with Crippen LogP contribution in [0.25, 0.3) is 0 Å². The smallest absolute Gasteiger partial charge is 0.228 e. The molecule has 1 atom stereocenters. The summed E-state index contributed by atoms with van der Waals surface area (Å²) < 4.78 is 0. The summed E-state index contributed by atoms with van der Waals surface area (Å²) >= 11 is 0. The first-order chi connectivity index (χ1) is 8.30. The summed E-state index contributed by atoms with van der Waals surface area (Å²) in [4.78, 5) is 16.1. The minimum absolute atomic E-state index is 0.194. The minimum Gasteiger partial charge on any atom is -0.324 e. The highest BCUT2D eigenvalue weighted by Crippen LogP contribution is 2.61. The van der Waals surface area contributed by atoms with Gasteiger partial charge in [0.25, 0.3) is 0 Å². The van der Waals surface area contributed by atoms with Crippen molar-refractivity contribution in [2.75, 3.05) is 5.32 Å². The van der Waals surface area contributed by atoms with Crippen LogP contribution in [0.15, 0.2) is 24.5 Å². The van der Waals surface area contributed by atoms with Crippen LogP contribution >= 0.6 is 0 Å². The maximum atomic E-state index is 12.1. The van der Waals surface area contributed by atoms with Crippen molar-refractivity contribution in [3.63, 3.8) is 0 Å². The Morgan fingerprint density at radius 2 is 2.18 bits per heavy atom. The van der Waals surface area contributed by atoms with Crippen LogP contribution in [0.5, 0.6) is 0 Å². The molecule has 0 bridgehead atoms. The van der Waals surface area contributed by atoms with Crippen molar-refractivity contribution < 1.29 is 4.79 Å². The van der Waals surface area contributed by atoms with Crippen molar-refractivity contribution in [3.8, 4) is 0 Å². The number of rotatable bonds is 2. The first-order valence-corrected chi connectivity index (χ1v) is 6.51. The SMILES string of the molecule is O=C(Nc1cccnc1)C1CC12CCCCC2. The minimum atomic E-state index is 0.194. The van der Waals surface area contributed by atoms with Gasteiger partial charge in [0, 0.05) is 12.1 Å². The highest BCUT2D eigenvalue weighted by atomic mass is 16.2. The molecule has 1 unspecified atom stereocenters. The molecule has 0 aliphatic heterocycles. The van der Waals surface area contributed by atoms with Gasteiger partial charge in [-0.25, -0.2) is 0 Å². The van der Waals surface area contributed by atoms with E-state index in [0.717, 1.165) is 12.1 Å². The summed E-state index contributed by atoms with van der Waals surface area (Å²) in [6.07, 6.45) is 11.0. The Morgan fingerprint density at radius 3 is 2.88 bits per heavy atom. The van der Waals surface area contributed by atoms with Gasteiger partial charge in [-0.1, -0.05) is 19.3 Å². The number of aromatic nitrogens is 1. The average molecular weight is 230 g/mol. The number of nitrogens with zero attached hydrogens (tertiary/aromatic N) is 1. The second-order valence-corrected chi connectivity index (χ2v) is 5.41. The van der Waals surface area contributed by atoms with Crippen molar-refractivity contribution in [1.29, 1.82) is 0 Å². The van der Waals surface area contributed by atoms with E-state index < -0.39 is 0 Å². The van der Waals surface area contributed by atoms with E-state index in [1.54, 1.807) is 12.4 Å². The van der Waals surface area contributed by atoms with Gasteiger partial charge in [0.2, 0.25) is 5.91 Å². The van der Waals surface area contributed by atoms with E-state index in [1.807, 2.05) is 12.1 Å². The molecule has 0 aromatic carbocycles. The number of carbonyl (C=O) groups excluding carboxylic acids is 1. The largest absolute Gasteiger partial charge is 0.324 e. The van der Waals surface area contributed by atoms with E-state index in [2.05, 4.69) is 10.3 Å².